The summed E-state index contributed by atoms with van der Waals surface area (Å²) in [6.07, 6.45) is 9.77. The Kier molecular flexibility index (Phi) is 5.39. The quantitative estimate of drug-likeness (QED) is 0.585. The molecule has 2 unspecified atom stereocenters. The average molecular weight is 332 g/mol. The van der Waals surface area contributed by atoms with Crippen molar-refractivity contribution >= 4 is 5.97 Å². The van der Waals surface area contributed by atoms with Crippen molar-refractivity contribution in [3.8, 4) is 5.75 Å². The van der Waals surface area contributed by atoms with E-state index in [0.717, 1.165) is 38.0 Å². The number of hydrogen-bond acceptors (Lipinski definition) is 5. The molecule has 2 atom stereocenters. The highest BCUT2D eigenvalue weighted by Gasteiger charge is 2.58. The van der Waals surface area contributed by atoms with E-state index in [1.807, 2.05) is 19.1 Å². The molecule has 1 saturated heterocycles. The van der Waals surface area contributed by atoms with E-state index >= 15 is 0 Å². The number of carbonyl (C=O) groups is 1. The van der Waals surface area contributed by atoms with Gasteiger partial charge in [0, 0.05) is 24.4 Å². The van der Waals surface area contributed by atoms with Crippen molar-refractivity contribution in [2.45, 2.75) is 64.7 Å². The number of rotatable bonds is 8. The second-order valence-corrected chi connectivity index (χ2v) is 7.29. The SMILES string of the molecule is CCCCCC(C)C(=O)OC1NCC12CC(Oc1ccncc1)C2. The summed E-state index contributed by atoms with van der Waals surface area (Å²) in [4.78, 5) is 16.2. The molecular formula is C19H28N2O3. The van der Waals surface area contributed by atoms with Gasteiger partial charge in [-0.1, -0.05) is 33.1 Å². The van der Waals surface area contributed by atoms with Crippen LogP contribution in [-0.2, 0) is 9.53 Å². The predicted octanol–water partition coefficient (Wildman–Crippen LogP) is 3.30. The first-order chi connectivity index (χ1) is 11.6. The van der Waals surface area contributed by atoms with E-state index in [-0.39, 0.29) is 29.6 Å². The molecule has 5 nitrogen and oxygen atoms in total. The van der Waals surface area contributed by atoms with Gasteiger partial charge in [0.15, 0.2) is 6.23 Å². The van der Waals surface area contributed by atoms with Crippen LogP contribution in [0, 0.1) is 11.3 Å². The maximum atomic E-state index is 12.2. The molecule has 1 aromatic rings. The molecule has 1 aromatic heterocycles. The Morgan fingerprint density at radius 2 is 2.12 bits per heavy atom. The van der Waals surface area contributed by atoms with Crippen molar-refractivity contribution in [1.82, 2.24) is 10.3 Å². The molecule has 132 valence electrons. The normalized spacial score (nSPS) is 29.4. The third-order valence-corrected chi connectivity index (χ3v) is 5.29. The molecule has 1 N–H and O–H groups in total. The van der Waals surface area contributed by atoms with Crippen molar-refractivity contribution in [3.05, 3.63) is 24.5 Å². The Morgan fingerprint density at radius 3 is 2.75 bits per heavy atom. The Hall–Kier alpha value is -1.62. The van der Waals surface area contributed by atoms with Crippen LogP contribution in [0.1, 0.15) is 52.4 Å². The highest BCUT2D eigenvalue weighted by atomic mass is 16.6. The van der Waals surface area contributed by atoms with Crippen LogP contribution in [0.2, 0.25) is 0 Å². The summed E-state index contributed by atoms with van der Waals surface area (Å²) in [7, 11) is 0. The zero-order chi connectivity index (χ0) is 17.0. The van der Waals surface area contributed by atoms with Gasteiger partial charge in [0.25, 0.3) is 0 Å². The standard InChI is InChI=1S/C19H28N2O3/c1-3-4-5-6-14(2)17(22)24-18-19(13-21-18)11-16(12-19)23-15-7-9-20-10-8-15/h7-10,14,16,18,21H,3-6,11-13H2,1-2H3. The molecule has 3 rings (SSSR count). The van der Waals surface area contributed by atoms with E-state index in [9.17, 15) is 4.79 Å². The number of pyridine rings is 1. The number of unbranched alkanes of at least 4 members (excludes halogenated alkanes) is 2. The number of aromatic nitrogens is 1. The van der Waals surface area contributed by atoms with Gasteiger partial charge >= 0.3 is 5.97 Å². The molecule has 0 bridgehead atoms. The maximum Gasteiger partial charge on any atom is 0.310 e. The fourth-order valence-corrected chi connectivity index (χ4v) is 3.59. The van der Waals surface area contributed by atoms with Crippen LogP contribution < -0.4 is 10.1 Å². The van der Waals surface area contributed by atoms with E-state index in [1.165, 1.54) is 12.8 Å². The van der Waals surface area contributed by atoms with E-state index in [2.05, 4.69) is 17.2 Å². The first kappa shape index (κ1) is 17.2. The lowest BCUT2D eigenvalue weighted by molar-refractivity contribution is -0.204. The molecule has 1 spiro atoms. The predicted molar refractivity (Wildman–Crippen MR) is 91.5 cm³/mol. The molecule has 0 radical (unpaired) electrons. The van der Waals surface area contributed by atoms with Gasteiger partial charge in [-0.25, -0.2) is 0 Å². The van der Waals surface area contributed by atoms with Crippen LogP contribution in [0.25, 0.3) is 0 Å². The van der Waals surface area contributed by atoms with Crippen molar-refractivity contribution in [2.75, 3.05) is 6.54 Å². The van der Waals surface area contributed by atoms with Crippen molar-refractivity contribution in [2.24, 2.45) is 11.3 Å². The first-order valence-corrected chi connectivity index (χ1v) is 9.13. The number of ether oxygens (including phenoxy) is 2. The van der Waals surface area contributed by atoms with Crippen LogP contribution in [0.5, 0.6) is 5.75 Å². The van der Waals surface area contributed by atoms with Gasteiger partial charge in [0.2, 0.25) is 0 Å². The summed E-state index contributed by atoms with van der Waals surface area (Å²) in [5.41, 5.74) is 0.0799. The fraction of sp³-hybridized carbons (Fsp3) is 0.684. The van der Waals surface area contributed by atoms with Gasteiger partial charge in [-0.05, 0) is 31.4 Å². The van der Waals surface area contributed by atoms with E-state index < -0.39 is 0 Å². The van der Waals surface area contributed by atoms with Crippen molar-refractivity contribution in [1.29, 1.82) is 0 Å². The van der Waals surface area contributed by atoms with Crippen LogP contribution in [-0.4, -0.2) is 29.8 Å². The summed E-state index contributed by atoms with van der Waals surface area (Å²) in [6.45, 7) is 5.05. The smallest absolute Gasteiger partial charge is 0.310 e. The van der Waals surface area contributed by atoms with E-state index in [1.54, 1.807) is 12.4 Å². The summed E-state index contributed by atoms with van der Waals surface area (Å²) < 4.78 is 11.7. The summed E-state index contributed by atoms with van der Waals surface area (Å²) >= 11 is 0. The maximum absolute atomic E-state index is 12.2. The molecule has 1 aliphatic carbocycles. The molecule has 24 heavy (non-hydrogen) atoms. The molecular weight excluding hydrogens is 304 g/mol. The minimum Gasteiger partial charge on any atom is -0.490 e. The number of hydrogen-bond donors (Lipinski definition) is 1. The van der Waals surface area contributed by atoms with Gasteiger partial charge in [0.05, 0.1) is 5.92 Å². The first-order valence-electron chi connectivity index (χ1n) is 9.13. The minimum absolute atomic E-state index is 0.0139. The zero-order valence-corrected chi connectivity index (χ0v) is 14.7. The Morgan fingerprint density at radius 1 is 1.38 bits per heavy atom. The summed E-state index contributed by atoms with van der Waals surface area (Å²) in [6, 6.07) is 3.75. The second-order valence-electron chi connectivity index (χ2n) is 7.29. The van der Waals surface area contributed by atoms with Gasteiger partial charge in [0.1, 0.15) is 11.9 Å². The lowest BCUT2D eigenvalue weighted by Gasteiger charge is -2.57. The molecule has 2 aliphatic rings. The molecule has 0 aromatic carbocycles. The molecule has 1 aliphatic heterocycles. The number of nitrogens with zero attached hydrogens (tertiary/aromatic N) is 1. The number of esters is 1. The van der Waals surface area contributed by atoms with E-state index in [0.29, 0.717) is 0 Å². The molecule has 1 saturated carbocycles. The largest absolute Gasteiger partial charge is 0.490 e. The Balaban J connectivity index is 1.42. The highest BCUT2D eigenvalue weighted by molar-refractivity contribution is 5.72. The zero-order valence-electron chi connectivity index (χ0n) is 14.7. The highest BCUT2D eigenvalue weighted by Crippen LogP contribution is 2.50. The van der Waals surface area contributed by atoms with E-state index in [4.69, 9.17) is 9.47 Å². The fourth-order valence-electron chi connectivity index (χ4n) is 3.59. The second kappa shape index (κ2) is 7.51. The molecule has 0 amide bonds. The topological polar surface area (TPSA) is 60.5 Å². The average Bonchev–Trinajstić information content (AvgIpc) is 2.55. The lowest BCUT2D eigenvalue weighted by atomic mass is 9.61. The summed E-state index contributed by atoms with van der Waals surface area (Å²) in [5, 5.41) is 3.27. The Bertz CT molecular complexity index is 543. The molecule has 5 heteroatoms. The lowest BCUT2D eigenvalue weighted by Crippen LogP contribution is -2.71. The van der Waals surface area contributed by atoms with Crippen molar-refractivity contribution < 1.29 is 14.3 Å². The third-order valence-electron chi connectivity index (χ3n) is 5.29. The van der Waals surface area contributed by atoms with Crippen LogP contribution in [0.15, 0.2) is 24.5 Å². The molecule has 2 heterocycles. The van der Waals surface area contributed by atoms with Crippen molar-refractivity contribution in [3.63, 3.8) is 0 Å². The number of nitrogens with one attached hydrogen (secondary N) is 1. The van der Waals surface area contributed by atoms with Gasteiger partial charge in [-0.3, -0.25) is 15.1 Å². The molecule has 2 fully saturated rings. The summed E-state index contributed by atoms with van der Waals surface area (Å²) in [5.74, 6) is 0.774. The number of carbonyl (C=O) groups excluding carboxylic acids is 1. The van der Waals surface area contributed by atoms with Gasteiger partial charge in [-0.2, -0.15) is 0 Å². The Labute approximate surface area is 144 Å². The van der Waals surface area contributed by atoms with Gasteiger partial charge < -0.3 is 9.47 Å². The van der Waals surface area contributed by atoms with Crippen LogP contribution in [0.4, 0.5) is 0 Å². The third kappa shape index (κ3) is 3.72. The van der Waals surface area contributed by atoms with Gasteiger partial charge in [-0.15, -0.1) is 0 Å². The van der Waals surface area contributed by atoms with Crippen LogP contribution >= 0.6 is 0 Å². The van der Waals surface area contributed by atoms with Crippen LogP contribution in [0.3, 0.4) is 0 Å². The monoisotopic (exact) mass is 332 g/mol. The minimum atomic E-state index is -0.143.